The normalized spacial score (nSPS) is 24.3. The minimum atomic E-state index is 0.782. The first kappa shape index (κ1) is 12.5. The number of benzene rings is 1. The van der Waals surface area contributed by atoms with Gasteiger partial charge in [0, 0.05) is 31.7 Å². The van der Waals surface area contributed by atoms with E-state index in [2.05, 4.69) is 28.7 Å². The van der Waals surface area contributed by atoms with E-state index in [4.69, 9.17) is 5.73 Å². The number of H-pyrrole nitrogens is 1. The van der Waals surface area contributed by atoms with E-state index in [0.29, 0.717) is 0 Å². The van der Waals surface area contributed by atoms with Crippen LogP contribution in [0.5, 0.6) is 0 Å². The number of aromatic amines is 1. The van der Waals surface area contributed by atoms with Crippen molar-refractivity contribution in [3.05, 3.63) is 24.0 Å². The third-order valence-electron chi connectivity index (χ3n) is 4.28. The number of hydrogen-bond donors (Lipinski definition) is 2. The molecule has 0 saturated carbocycles. The number of nitrogen functional groups attached to an aromatic ring is 1. The zero-order valence-electron chi connectivity index (χ0n) is 11.7. The summed E-state index contributed by atoms with van der Waals surface area (Å²) in [6.07, 6.45) is 0.980. The molecule has 2 unspecified atom stereocenters. The summed E-state index contributed by atoms with van der Waals surface area (Å²) in [4.78, 5) is 10.5. The molecule has 3 rings (SSSR count). The summed E-state index contributed by atoms with van der Waals surface area (Å²) in [7, 11) is 0. The summed E-state index contributed by atoms with van der Waals surface area (Å²) >= 11 is 0. The van der Waals surface area contributed by atoms with Crippen molar-refractivity contribution in [2.45, 2.75) is 20.3 Å². The maximum atomic E-state index is 5.78. The van der Waals surface area contributed by atoms with Crippen LogP contribution >= 0.6 is 0 Å². The van der Waals surface area contributed by atoms with Gasteiger partial charge in [-0.1, -0.05) is 13.8 Å². The van der Waals surface area contributed by atoms with Crippen molar-refractivity contribution in [3.63, 3.8) is 0 Å². The fraction of sp³-hybridized carbons (Fsp3) is 0.533. The predicted octanol–water partition coefficient (Wildman–Crippen LogP) is 2.28. The minimum absolute atomic E-state index is 0.782. The average molecular weight is 258 g/mol. The molecule has 2 atom stereocenters. The number of rotatable bonds is 3. The molecule has 2 heterocycles. The number of nitrogens with one attached hydrogen (secondary N) is 1. The van der Waals surface area contributed by atoms with E-state index in [1.807, 2.05) is 18.2 Å². The fourth-order valence-corrected chi connectivity index (χ4v) is 2.89. The molecule has 1 aromatic carbocycles. The van der Waals surface area contributed by atoms with Gasteiger partial charge in [0.2, 0.25) is 0 Å². The highest BCUT2D eigenvalue weighted by molar-refractivity contribution is 5.78. The quantitative estimate of drug-likeness (QED) is 0.830. The van der Waals surface area contributed by atoms with Gasteiger partial charge < -0.3 is 15.6 Å². The summed E-state index contributed by atoms with van der Waals surface area (Å²) in [6, 6.07) is 5.83. The molecule has 0 aliphatic carbocycles. The van der Waals surface area contributed by atoms with Crippen molar-refractivity contribution in [2.75, 3.05) is 25.4 Å². The van der Waals surface area contributed by atoms with E-state index >= 15 is 0 Å². The molecule has 4 nitrogen and oxygen atoms in total. The van der Waals surface area contributed by atoms with Crippen LogP contribution in [0.4, 0.5) is 5.69 Å². The number of nitrogens with zero attached hydrogens (tertiary/aromatic N) is 2. The lowest BCUT2D eigenvalue weighted by Gasteiger charge is -2.13. The summed E-state index contributed by atoms with van der Waals surface area (Å²) in [5.41, 5.74) is 8.61. The van der Waals surface area contributed by atoms with Crippen molar-refractivity contribution in [2.24, 2.45) is 11.8 Å². The topological polar surface area (TPSA) is 57.9 Å². The van der Waals surface area contributed by atoms with Gasteiger partial charge in [-0.2, -0.15) is 0 Å². The second kappa shape index (κ2) is 4.85. The van der Waals surface area contributed by atoms with E-state index in [1.54, 1.807) is 0 Å². The molecule has 102 valence electrons. The molecule has 0 spiro atoms. The summed E-state index contributed by atoms with van der Waals surface area (Å²) in [5.74, 6) is 2.69. The Morgan fingerprint density at radius 1 is 1.32 bits per heavy atom. The number of imidazole rings is 1. The van der Waals surface area contributed by atoms with Gasteiger partial charge in [0.05, 0.1) is 11.0 Å². The van der Waals surface area contributed by atoms with Gasteiger partial charge in [0.1, 0.15) is 5.82 Å². The predicted molar refractivity (Wildman–Crippen MR) is 79.0 cm³/mol. The summed E-state index contributed by atoms with van der Waals surface area (Å²) in [6.45, 7) is 8.20. The van der Waals surface area contributed by atoms with Crippen LogP contribution in [0, 0.1) is 11.8 Å². The second-order valence-corrected chi connectivity index (χ2v) is 5.92. The van der Waals surface area contributed by atoms with E-state index in [0.717, 1.165) is 47.3 Å². The molecule has 1 fully saturated rings. The highest BCUT2D eigenvalue weighted by Crippen LogP contribution is 2.22. The first-order valence-corrected chi connectivity index (χ1v) is 7.08. The van der Waals surface area contributed by atoms with Crippen LogP contribution in [-0.4, -0.2) is 34.5 Å². The van der Waals surface area contributed by atoms with Crippen LogP contribution in [0.3, 0.4) is 0 Å². The van der Waals surface area contributed by atoms with Gasteiger partial charge >= 0.3 is 0 Å². The van der Waals surface area contributed by atoms with E-state index in [-0.39, 0.29) is 0 Å². The molecular weight excluding hydrogens is 236 g/mol. The van der Waals surface area contributed by atoms with Crippen molar-refractivity contribution in [3.8, 4) is 0 Å². The lowest BCUT2D eigenvalue weighted by atomic mass is 10.0. The lowest BCUT2D eigenvalue weighted by Crippen LogP contribution is -2.23. The number of aromatic nitrogens is 2. The van der Waals surface area contributed by atoms with Crippen molar-refractivity contribution < 1.29 is 0 Å². The Kier molecular flexibility index (Phi) is 3.19. The zero-order valence-corrected chi connectivity index (χ0v) is 11.7. The van der Waals surface area contributed by atoms with Gasteiger partial charge in [0.15, 0.2) is 0 Å². The molecule has 1 saturated heterocycles. The van der Waals surface area contributed by atoms with Crippen LogP contribution in [-0.2, 0) is 6.42 Å². The van der Waals surface area contributed by atoms with Crippen molar-refractivity contribution in [1.29, 1.82) is 0 Å². The molecule has 0 radical (unpaired) electrons. The van der Waals surface area contributed by atoms with Crippen LogP contribution < -0.4 is 5.73 Å². The SMILES string of the molecule is CC1CN(CCc2nc3ccc(N)cc3[nH]2)CC1C. The smallest absolute Gasteiger partial charge is 0.108 e. The Morgan fingerprint density at radius 3 is 2.79 bits per heavy atom. The molecule has 19 heavy (non-hydrogen) atoms. The van der Waals surface area contributed by atoms with E-state index < -0.39 is 0 Å². The maximum Gasteiger partial charge on any atom is 0.108 e. The lowest BCUT2D eigenvalue weighted by molar-refractivity contribution is 0.326. The van der Waals surface area contributed by atoms with Gasteiger partial charge in [-0.15, -0.1) is 0 Å². The van der Waals surface area contributed by atoms with Crippen LogP contribution in [0.15, 0.2) is 18.2 Å². The zero-order chi connectivity index (χ0) is 13.4. The Morgan fingerprint density at radius 2 is 2.05 bits per heavy atom. The number of anilines is 1. The Labute approximate surface area is 114 Å². The van der Waals surface area contributed by atoms with Crippen molar-refractivity contribution in [1.82, 2.24) is 14.9 Å². The number of nitrogens with two attached hydrogens (primary N) is 1. The number of hydrogen-bond acceptors (Lipinski definition) is 3. The first-order valence-electron chi connectivity index (χ1n) is 7.08. The molecule has 4 heteroatoms. The molecule has 1 aliphatic rings. The summed E-state index contributed by atoms with van der Waals surface area (Å²) in [5, 5.41) is 0. The molecule has 1 aromatic heterocycles. The molecule has 0 bridgehead atoms. The standard InChI is InChI=1S/C15H22N4/c1-10-8-19(9-11(10)2)6-5-15-17-13-4-3-12(16)7-14(13)18-15/h3-4,7,10-11H,5-6,8-9,16H2,1-2H3,(H,17,18). The molecule has 2 aromatic rings. The molecular formula is C15H22N4. The molecule has 0 amide bonds. The third-order valence-corrected chi connectivity index (χ3v) is 4.28. The van der Waals surface area contributed by atoms with Crippen molar-refractivity contribution >= 4 is 16.7 Å². The highest BCUT2D eigenvalue weighted by Gasteiger charge is 2.25. The van der Waals surface area contributed by atoms with E-state index in [1.165, 1.54) is 13.1 Å². The van der Waals surface area contributed by atoms with Gasteiger partial charge in [-0.25, -0.2) is 4.98 Å². The summed E-state index contributed by atoms with van der Waals surface area (Å²) < 4.78 is 0. The Balaban J connectivity index is 1.65. The minimum Gasteiger partial charge on any atom is -0.399 e. The first-order chi connectivity index (χ1) is 9.11. The Hall–Kier alpha value is -1.55. The largest absolute Gasteiger partial charge is 0.399 e. The molecule has 3 N–H and O–H groups in total. The molecule has 1 aliphatic heterocycles. The van der Waals surface area contributed by atoms with Crippen LogP contribution in [0.25, 0.3) is 11.0 Å². The van der Waals surface area contributed by atoms with Gasteiger partial charge in [-0.3, -0.25) is 0 Å². The average Bonchev–Trinajstić information content (AvgIpc) is 2.90. The third kappa shape index (κ3) is 2.59. The highest BCUT2D eigenvalue weighted by atomic mass is 15.2. The van der Waals surface area contributed by atoms with Gasteiger partial charge in [-0.05, 0) is 30.0 Å². The number of likely N-dealkylation sites (tertiary alicyclic amines) is 1. The van der Waals surface area contributed by atoms with E-state index in [9.17, 15) is 0 Å². The fourth-order valence-electron chi connectivity index (χ4n) is 2.89. The van der Waals surface area contributed by atoms with Crippen LogP contribution in [0.2, 0.25) is 0 Å². The maximum absolute atomic E-state index is 5.78. The van der Waals surface area contributed by atoms with Gasteiger partial charge in [0.25, 0.3) is 0 Å². The monoisotopic (exact) mass is 258 g/mol. The Bertz CT molecular complexity index is 565. The van der Waals surface area contributed by atoms with Crippen LogP contribution in [0.1, 0.15) is 19.7 Å². The second-order valence-electron chi connectivity index (χ2n) is 5.92. The number of fused-ring (bicyclic) bond motifs is 1.